The number of benzene rings is 1. The normalized spacial score (nSPS) is 12.4. The lowest BCUT2D eigenvalue weighted by atomic mass is 10.0. The molecule has 0 radical (unpaired) electrons. The molecule has 1 aromatic carbocycles. The van der Waals surface area contributed by atoms with E-state index >= 15 is 0 Å². The summed E-state index contributed by atoms with van der Waals surface area (Å²) >= 11 is 0. The minimum absolute atomic E-state index is 0.0744. The van der Waals surface area contributed by atoms with E-state index in [4.69, 9.17) is 11.2 Å². The van der Waals surface area contributed by atoms with Crippen molar-refractivity contribution in [1.82, 2.24) is 14.3 Å². The smallest absolute Gasteiger partial charge is 0.330 e. The first-order chi connectivity index (χ1) is 12.8. The third kappa shape index (κ3) is 6.21. The zero-order valence-corrected chi connectivity index (χ0v) is 15.7. The SMILES string of the molecule is C#Cc1ccccc1C(C)NS(=O)(=O)CCCOCn1ccc(=O)[nH]c1=O. The van der Waals surface area contributed by atoms with Gasteiger partial charge in [0, 0.05) is 30.5 Å². The van der Waals surface area contributed by atoms with Gasteiger partial charge in [-0.3, -0.25) is 14.3 Å². The molecule has 2 rings (SSSR count). The number of aromatic amines is 1. The second-order valence-corrected chi connectivity index (χ2v) is 7.73. The van der Waals surface area contributed by atoms with Crippen LogP contribution in [0.5, 0.6) is 0 Å². The number of aromatic nitrogens is 2. The third-order valence-corrected chi connectivity index (χ3v) is 5.31. The maximum atomic E-state index is 12.2. The predicted octanol–water partition coefficient (Wildman–Crippen LogP) is 0.563. The molecule has 0 aliphatic heterocycles. The van der Waals surface area contributed by atoms with Gasteiger partial charge in [-0.05, 0) is 25.0 Å². The van der Waals surface area contributed by atoms with E-state index in [9.17, 15) is 18.0 Å². The molecule has 1 atom stereocenters. The molecule has 27 heavy (non-hydrogen) atoms. The Labute approximate surface area is 157 Å². The summed E-state index contributed by atoms with van der Waals surface area (Å²) in [6.07, 6.45) is 7.00. The molecule has 0 spiro atoms. The molecule has 8 nitrogen and oxygen atoms in total. The number of hydrogen-bond acceptors (Lipinski definition) is 5. The number of nitrogens with one attached hydrogen (secondary N) is 2. The van der Waals surface area contributed by atoms with Crippen LogP contribution in [0.25, 0.3) is 0 Å². The standard InChI is InChI=1S/C18H21N3O5S/c1-3-15-7-4-5-8-16(15)14(2)20-27(24,25)12-6-11-26-13-21-10-9-17(22)19-18(21)23/h1,4-5,7-10,14,20H,6,11-13H2,2H3,(H,19,22,23). The summed E-state index contributed by atoms with van der Waals surface area (Å²) in [7, 11) is -3.53. The van der Waals surface area contributed by atoms with E-state index in [0.717, 1.165) is 5.56 Å². The third-order valence-electron chi connectivity index (χ3n) is 3.77. The number of nitrogens with zero attached hydrogens (tertiary/aromatic N) is 1. The Morgan fingerprint density at radius 1 is 1.30 bits per heavy atom. The number of ether oxygens (including phenoxy) is 1. The highest BCUT2D eigenvalue weighted by Gasteiger charge is 2.17. The maximum Gasteiger partial charge on any atom is 0.330 e. The van der Waals surface area contributed by atoms with Crippen LogP contribution in [0.15, 0.2) is 46.1 Å². The van der Waals surface area contributed by atoms with Crippen LogP contribution in [0.1, 0.15) is 30.5 Å². The van der Waals surface area contributed by atoms with Crippen molar-refractivity contribution < 1.29 is 13.2 Å². The van der Waals surface area contributed by atoms with E-state index in [-0.39, 0.29) is 25.5 Å². The first-order valence-electron chi connectivity index (χ1n) is 8.25. The van der Waals surface area contributed by atoms with Crippen molar-refractivity contribution in [2.24, 2.45) is 0 Å². The lowest BCUT2D eigenvalue weighted by Gasteiger charge is -2.16. The Balaban J connectivity index is 1.82. The summed E-state index contributed by atoms with van der Waals surface area (Å²) in [6, 6.07) is 7.88. The Morgan fingerprint density at radius 3 is 2.74 bits per heavy atom. The molecule has 0 saturated carbocycles. The van der Waals surface area contributed by atoms with E-state index in [1.807, 2.05) is 0 Å². The molecular formula is C18H21N3O5S. The fourth-order valence-electron chi connectivity index (χ4n) is 2.46. The first-order valence-corrected chi connectivity index (χ1v) is 9.90. The Bertz CT molecular complexity index is 1030. The Morgan fingerprint density at radius 2 is 2.04 bits per heavy atom. The molecule has 0 bridgehead atoms. The Kier molecular flexibility index (Phi) is 7.12. The van der Waals surface area contributed by atoms with Crippen LogP contribution in [0.3, 0.4) is 0 Å². The van der Waals surface area contributed by atoms with Crippen LogP contribution in [0.4, 0.5) is 0 Å². The van der Waals surface area contributed by atoms with Gasteiger partial charge in [-0.1, -0.05) is 24.1 Å². The largest absolute Gasteiger partial charge is 0.361 e. The van der Waals surface area contributed by atoms with Gasteiger partial charge in [-0.2, -0.15) is 0 Å². The van der Waals surface area contributed by atoms with Gasteiger partial charge < -0.3 is 4.74 Å². The molecule has 2 aromatic rings. The van der Waals surface area contributed by atoms with Gasteiger partial charge in [0.05, 0.1) is 5.75 Å². The van der Waals surface area contributed by atoms with E-state index < -0.39 is 27.3 Å². The fraction of sp³-hybridized carbons (Fsp3) is 0.333. The summed E-state index contributed by atoms with van der Waals surface area (Å²) in [4.78, 5) is 24.5. The summed E-state index contributed by atoms with van der Waals surface area (Å²) in [5, 5.41) is 0. The van der Waals surface area contributed by atoms with Gasteiger partial charge in [0.1, 0.15) is 6.73 Å². The second kappa shape index (κ2) is 9.32. The molecule has 0 aliphatic carbocycles. The van der Waals surface area contributed by atoms with E-state index in [2.05, 4.69) is 15.6 Å². The highest BCUT2D eigenvalue weighted by molar-refractivity contribution is 7.89. The maximum absolute atomic E-state index is 12.2. The van der Waals surface area contributed by atoms with Gasteiger partial charge in [0.15, 0.2) is 0 Å². The van der Waals surface area contributed by atoms with Gasteiger partial charge in [-0.15, -0.1) is 6.42 Å². The highest BCUT2D eigenvalue weighted by atomic mass is 32.2. The van der Waals surface area contributed by atoms with Crippen molar-refractivity contribution in [3.8, 4) is 12.3 Å². The van der Waals surface area contributed by atoms with E-state index in [0.29, 0.717) is 5.56 Å². The minimum atomic E-state index is -3.53. The van der Waals surface area contributed by atoms with Gasteiger partial charge in [0.2, 0.25) is 10.0 Å². The summed E-state index contributed by atoms with van der Waals surface area (Å²) in [6.45, 7) is 1.80. The van der Waals surface area contributed by atoms with E-state index in [1.165, 1.54) is 16.8 Å². The van der Waals surface area contributed by atoms with Crippen LogP contribution in [-0.4, -0.2) is 30.3 Å². The number of terminal acetylenes is 1. The number of sulfonamides is 1. The molecule has 9 heteroatoms. The van der Waals surface area contributed by atoms with E-state index in [1.54, 1.807) is 31.2 Å². The van der Waals surface area contributed by atoms with Crippen molar-refractivity contribution in [2.75, 3.05) is 12.4 Å². The molecule has 0 aliphatic rings. The van der Waals surface area contributed by atoms with Crippen LogP contribution >= 0.6 is 0 Å². The number of hydrogen-bond donors (Lipinski definition) is 2. The molecule has 1 unspecified atom stereocenters. The topological polar surface area (TPSA) is 110 Å². The van der Waals surface area contributed by atoms with Crippen molar-refractivity contribution in [3.05, 3.63) is 68.5 Å². The summed E-state index contributed by atoms with van der Waals surface area (Å²) in [5.74, 6) is 2.41. The molecule has 1 heterocycles. The van der Waals surface area contributed by atoms with Gasteiger partial charge in [0.25, 0.3) is 5.56 Å². The lowest BCUT2D eigenvalue weighted by Crippen LogP contribution is -2.31. The predicted molar refractivity (Wildman–Crippen MR) is 102 cm³/mol. The zero-order valence-electron chi connectivity index (χ0n) is 14.8. The lowest BCUT2D eigenvalue weighted by molar-refractivity contribution is 0.0744. The minimum Gasteiger partial charge on any atom is -0.361 e. The molecule has 0 amide bonds. The first kappa shape index (κ1) is 20.6. The zero-order chi connectivity index (χ0) is 19.9. The molecule has 2 N–H and O–H groups in total. The molecule has 1 aromatic heterocycles. The quantitative estimate of drug-likeness (QED) is 0.479. The highest BCUT2D eigenvalue weighted by Crippen LogP contribution is 2.17. The fourth-order valence-corrected chi connectivity index (χ4v) is 3.74. The van der Waals surface area contributed by atoms with Crippen molar-refractivity contribution in [2.45, 2.75) is 26.1 Å². The average molecular weight is 391 g/mol. The second-order valence-electron chi connectivity index (χ2n) is 5.86. The molecular weight excluding hydrogens is 370 g/mol. The molecule has 0 saturated heterocycles. The monoisotopic (exact) mass is 391 g/mol. The van der Waals surface area contributed by atoms with Crippen LogP contribution in [0.2, 0.25) is 0 Å². The van der Waals surface area contributed by atoms with Crippen molar-refractivity contribution >= 4 is 10.0 Å². The number of H-pyrrole nitrogens is 1. The van der Waals surface area contributed by atoms with Crippen LogP contribution in [-0.2, 0) is 21.5 Å². The van der Waals surface area contributed by atoms with Crippen LogP contribution in [0, 0.1) is 12.3 Å². The van der Waals surface area contributed by atoms with Gasteiger partial charge >= 0.3 is 5.69 Å². The molecule has 144 valence electrons. The van der Waals surface area contributed by atoms with Crippen LogP contribution < -0.4 is 16.0 Å². The average Bonchev–Trinajstić information content (AvgIpc) is 2.62. The van der Waals surface area contributed by atoms with Gasteiger partial charge in [-0.25, -0.2) is 17.9 Å². The number of rotatable bonds is 9. The summed E-state index contributed by atoms with van der Waals surface area (Å²) in [5.41, 5.74) is 0.298. The van der Waals surface area contributed by atoms with Crippen molar-refractivity contribution in [1.29, 1.82) is 0 Å². The molecule has 0 fully saturated rings. The van der Waals surface area contributed by atoms with Crippen molar-refractivity contribution in [3.63, 3.8) is 0 Å². The Hall–Kier alpha value is -2.67. The summed E-state index contributed by atoms with van der Waals surface area (Å²) < 4.78 is 33.5.